The third-order valence-electron chi connectivity index (χ3n) is 4.63. The lowest BCUT2D eigenvalue weighted by Crippen LogP contribution is -2.56. The lowest BCUT2D eigenvalue weighted by atomic mass is 9.99. The van der Waals surface area contributed by atoms with E-state index in [1.54, 1.807) is 0 Å². The number of hydrogen-bond donors (Lipinski definition) is 3. The van der Waals surface area contributed by atoms with Gasteiger partial charge in [0, 0.05) is 32.7 Å². The van der Waals surface area contributed by atoms with E-state index in [1.807, 2.05) is 44.2 Å². The van der Waals surface area contributed by atoms with Crippen LogP contribution in [0.4, 0.5) is 0 Å². The first-order valence-corrected chi connectivity index (χ1v) is 11.9. The molecular weight excluding hydrogens is 434 g/mol. The Morgan fingerprint density at radius 2 is 1.74 bits per heavy atom. The van der Waals surface area contributed by atoms with Crippen molar-refractivity contribution >= 4 is 47.2 Å². The number of carbonyl (C=O) groups excluding carboxylic acids is 4. The lowest BCUT2D eigenvalue weighted by molar-refractivity contribution is -0.140. The minimum Gasteiger partial charge on any atom is -0.357 e. The van der Waals surface area contributed by atoms with Crippen molar-refractivity contribution in [2.75, 3.05) is 25.1 Å². The van der Waals surface area contributed by atoms with Crippen LogP contribution in [0.2, 0.25) is 0 Å². The average molecular weight is 468 g/mol. The van der Waals surface area contributed by atoms with Crippen LogP contribution in [-0.2, 0) is 25.6 Å². The molecule has 0 bridgehead atoms. The monoisotopic (exact) mass is 467 g/mol. The van der Waals surface area contributed by atoms with Crippen LogP contribution in [0.15, 0.2) is 30.3 Å². The quantitative estimate of drug-likeness (QED) is 0.408. The van der Waals surface area contributed by atoms with Crippen molar-refractivity contribution < 1.29 is 19.2 Å². The first-order valence-electron chi connectivity index (χ1n) is 10.3. The smallest absolute Gasteiger partial charge is 0.243 e. The fourth-order valence-corrected chi connectivity index (χ4v) is 3.91. The van der Waals surface area contributed by atoms with Crippen molar-refractivity contribution in [3.63, 3.8) is 0 Å². The topological polar surface area (TPSA) is 95.6 Å². The maximum atomic E-state index is 13.3. The summed E-state index contributed by atoms with van der Waals surface area (Å²) in [5.74, 6) is -0.498. The molecule has 0 fully saturated rings. The molecule has 0 spiro atoms. The Morgan fingerprint density at radius 1 is 1.10 bits per heavy atom. The Balaban J connectivity index is 3.08. The van der Waals surface area contributed by atoms with Gasteiger partial charge in [-0.15, -0.1) is 0 Å². The number of likely N-dealkylation sites (N-methyl/N-ethyl adjacent to an activating group) is 1. The lowest BCUT2D eigenvalue weighted by Gasteiger charge is -2.33. The third-order valence-corrected chi connectivity index (χ3v) is 5.69. The number of thiol groups is 1. The van der Waals surface area contributed by atoms with E-state index in [-0.39, 0.29) is 41.1 Å². The largest absolute Gasteiger partial charge is 0.357 e. The molecule has 31 heavy (non-hydrogen) atoms. The van der Waals surface area contributed by atoms with Gasteiger partial charge in [0.05, 0.1) is 5.75 Å². The zero-order valence-electron chi connectivity index (χ0n) is 18.6. The van der Waals surface area contributed by atoms with E-state index in [1.165, 1.54) is 18.9 Å². The SMILES string of the molecule is CNC(=O)[C@H](Cc1ccccc1)NC(=O)[C@H](CC(C)C)N(CCSC(C)=O)C(=O)CS. The molecule has 3 amide bonds. The van der Waals surface area contributed by atoms with Gasteiger partial charge in [-0.2, -0.15) is 12.6 Å². The summed E-state index contributed by atoms with van der Waals surface area (Å²) in [6, 6.07) is 7.89. The number of nitrogens with one attached hydrogen (secondary N) is 2. The Labute approximate surface area is 194 Å². The van der Waals surface area contributed by atoms with Crippen LogP contribution < -0.4 is 10.6 Å². The summed E-state index contributed by atoms with van der Waals surface area (Å²) in [6.07, 6.45) is 0.767. The van der Waals surface area contributed by atoms with Gasteiger partial charge in [0.1, 0.15) is 12.1 Å². The highest BCUT2D eigenvalue weighted by molar-refractivity contribution is 8.13. The summed E-state index contributed by atoms with van der Waals surface area (Å²) in [5.41, 5.74) is 0.915. The van der Waals surface area contributed by atoms with Crippen molar-refractivity contribution in [2.45, 2.75) is 45.7 Å². The van der Waals surface area contributed by atoms with Crippen molar-refractivity contribution in [3.05, 3.63) is 35.9 Å². The first kappa shape index (κ1) is 27.0. The van der Waals surface area contributed by atoms with Crippen molar-refractivity contribution in [1.29, 1.82) is 0 Å². The van der Waals surface area contributed by atoms with E-state index >= 15 is 0 Å². The molecule has 1 aromatic rings. The van der Waals surface area contributed by atoms with Crippen LogP contribution in [0.3, 0.4) is 0 Å². The van der Waals surface area contributed by atoms with Gasteiger partial charge in [0.25, 0.3) is 0 Å². The first-order chi connectivity index (χ1) is 14.7. The van der Waals surface area contributed by atoms with E-state index in [2.05, 4.69) is 23.3 Å². The molecule has 2 atom stereocenters. The van der Waals surface area contributed by atoms with Gasteiger partial charge in [-0.05, 0) is 17.9 Å². The molecule has 172 valence electrons. The van der Waals surface area contributed by atoms with Gasteiger partial charge in [0.2, 0.25) is 17.7 Å². The number of hydrogen-bond acceptors (Lipinski definition) is 6. The Kier molecular flexibility index (Phi) is 12.3. The molecule has 0 radical (unpaired) electrons. The van der Waals surface area contributed by atoms with Crippen LogP contribution in [0.25, 0.3) is 0 Å². The van der Waals surface area contributed by atoms with Gasteiger partial charge in [0.15, 0.2) is 5.12 Å². The predicted molar refractivity (Wildman–Crippen MR) is 128 cm³/mol. The maximum Gasteiger partial charge on any atom is 0.243 e. The molecular formula is C22H33N3O4S2. The number of nitrogens with zero attached hydrogens (tertiary/aromatic N) is 1. The molecule has 0 saturated carbocycles. The van der Waals surface area contributed by atoms with Gasteiger partial charge < -0.3 is 15.5 Å². The molecule has 1 rings (SSSR count). The second-order valence-corrected chi connectivity index (χ2v) is 9.18. The van der Waals surface area contributed by atoms with Crippen molar-refractivity contribution in [2.24, 2.45) is 5.92 Å². The minimum absolute atomic E-state index is 0.0461. The van der Waals surface area contributed by atoms with Crippen LogP contribution in [0, 0.1) is 5.92 Å². The predicted octanol–water partition coefficient (Wildman–Crippen LogP) is 1.91. The van der Waals surface area contributed by atoms with Gasteiger partial charge in [-0.1, -0.05) is 55.9 Å². The molecule has 0 aliphatic carbocycles. The maximum absolute atomic E-state index is 13.3. The van der Waals surface area contributed by atoms with Crippen LogP contribution in [0.1, 0.15) is 32.8 Å². The van der Waals surface area contributed by atoms with E-state index in [0.29, 0.717) is 18.6 Å². The average Bonchev–Trinajstić information content (AvgIpc) is 2.74. The summed E-state index contributed by atoms with van der Waals surface area (Å²) < 4.78 is 0. The Bertz CT molecular complexity index is 744. The molecule has 2 N–H and O–H groups in total. The molecule has 7 nitrogen and oxygen atoms in total. The molecule has 0 heterocycles. The fourth-order valence-electron chi connectivity index (χ4n) is 3.16. The highest BCUT2D eigenvalue weighted by atomic mass is 32.2. The number of benzene rings is 1. The second kappa shape index (κ2) is 14.1. The second-order valence-electron chi connectivity index (χ2n) is 7.60. The molecule has 0 saturated heterocycles. The summed E-state index contributed by atoms with van der Waals surface area (Å²) in [7, 11) is 1.52. The van der Waals surface area contributed by atoms with Gasteiger partial charge in [-0.25, -0.2) is 0 Å². The van der Waals surface area contributed by atoms with E-state index in [0.717, 1.165) is 17.3 Å². The summed E-state index contributed by atoms with van der Waals surface area (Å²) in [4.78, 5) is 51.1. The molecule has 0 aliphatic heterocycles. The third kappa shape index (κ3) is 9.78. The summed E-state index contributed by atoms with van der Waals surface area (Å²) in [6.45, 7) is 5.64. The normalized spacial score (nSPS) is 12.7. The highest BCUT2D eigenvalue weighted by Crippen LogP contribution is 2.16. The van der Waals surface area contributed by atoms with E-state index < -0.39 is 12.1 Å². The number of amides is 3. The van der Waals surface area contributed by atoms with Crippen molar-refractivity contribution in [1.82, 2.24) is 15.5 Å². The Hall–Kier alpha value is -2.00. The zero-order chi connectivity index (χ0) is 23.4. The summed E-state index contributed by atoms with van der Waals surface area (Å²) >= 11 is 5.20. The zero-order valence-corrected chi connectivity index (χ0v) is 20.3. The Morgan fingerprint density at radius 3 is 2.26 bits per heavy atom. The highest BCUT2D eigenvalue weighted by Gasteiger charge is 2.32. The van der Waals surface area contributed by atoms with E-state index in [4.69, 9.17) is 0 Å². The standard InChI is InChI=1S/C22H33N3O4S2/c1-15(2)12-19(25(20(27)14-30)10-11-31-16(3)26)22(29)24-18(21(28)23-4)13-17-8-6-5-7-9-17/h5-9,15,18-19,30H,10-14H2,1-4H3,(H,23,28)(H,24,29)/t18-,19-/m0/s1. The molecule has 0 unspecified atom stereocenters. The number of thioether (sulfide) groups is 1. The minimum atomic E-state index is -0.769. The summed E-state index contributed by atoms with van der Waals surface area (Å²) in [5, 5.41) is 5.38. The van der Waals surface area contributed by atoms with Gasteiger partial charge in [-0.3, -0.25) is 19.2 Å². The molecule has 0 aromatic heterocycles. The number of carbonyl (C=O) groups is 4. The number of rotatable bonds is 12. The van der Waals surface area contributed by atoms with Gasteiger partial charge >= 0.3 is 0 Å². The van der Waals surface area contributed by atoms with E-state index in [9.17, 15) is 19.2 Å². The molecule has 9 heteroatoms. The fraction of sp³-hybridized carbons (Fsp3) is 0.545. The van der Waals surface area contributed by atoms with Crippen LogP contribution in [0.5, 0.6) is 0 Å². The molecule has 1 aromatic carbocycles. The van der Waals surface area contributed by atoms with Crippen LogP contribution in [-0.4, -0.2) is 64.9 Å². The van der Waals surface area contributed by atoms with Crippen molar-refractivity contribution in [3.8, 4) is 0 Å². The molecule has 0 aliphatic rings. The van der Waals surface area contributed by atoms with Crippen LogP contribution >= 0.6 is 24.4 Å².